The fourth-order valence-corrected chi connectivity index (χ4v) is 7.44. The lowest BCUT2D eigenvalue weighted by atomic mass is 9.80. The van der Waals surface area contributed by atoms with E-state index in [0.717, 1.165) is 36.8 Å². The van der Waals surface area contributed by atoms with Crippen LogP contribution in [0, 0.1) is 5.41 Å². The van der Waals surface area contributed by atoms with Gasteiger partial charge in [-0.2, -0.15) is 0 Å². The molecule has 0 saturated carbocycles. The van der Waals surface area contributed by atoms with Gasteiger partial charge in [0.15, 0.2) is 9.84 Å². The standard InChI is InChI=1S/C21H24N2O3S/c24-20(23-11-2-9-21(13-23)10-12-27(25,26)14-21)22-18-8-7-16-6-5-15-3-1-4-17(18)19(15)16/h1,3-4,7-8H,2,5-6,9-14H2,(H,22,24)/t21-/m1/s1. The highest BCUT2D eigenvalue weighted by Crippen LogP contribution is 2.40. The summed E-state index contributed by atoms with van der Waals surface area (Å²) < 4.78 is 23.9. The van der Waals surface area contributed by atoms with Crippen LogP contribution in [0.25, 0.3) is 10.8 Å². The Hall–Kier alpha value is -2.08. The summed E-state index contributed by atoms with van der Waals surface area (Å²) >= 11 is 0. The summed E-state index contributed by atoms with van der Waals surface area (Å²) in [4.78, 5) is 14.8. The van der Waals surface area contributed by atoms with Crippen LogP contribution in [0.5, 0.6) is 0 Å². The number of hydrogen-bond donors (Lipinski definition) is 1. The number of rotatable bonds is 1. The van der Waals surface area contributed by atoms with Gasteiger partial charge in [0.2, 0.25) is 0 Å². The maximum Gasteiger partial charge on any atom is 0.321 e. The SMILES string of the molecule is O=C(Nc1ccc2c3c(cccc13)CC2)N1CCC[C@@]2(CCS(=O)(=O)C2)C1. The minimum Gasteiger partial charge on any atom is -0.324 e. The fraction of sp³-hybridized carbons (Fsp3) is 0.476. The molecule has 5 nitrogen and oxygen atoms in total. The van der Waals surface area contributed by atoms with Gasteiger partial charge in [-0.3, -0.25) is 0 Å². The van der Waals surface area contributed by atoms with E-state index in [2.05, 4.69) is 29.6 Å². The molecule has 0 aromatic heterocycles. The highest BCUT2D eigenvalue weighted by molar-refractivity contribution is 7.91. The molecule has 2 aliphatic heterocycles. The highest BCUT2D eigenvalue weighted by atomic mass is 32.2. The van der Waals surface area contributed by atoms with Crippen molar-refractivity contribution in [3.8, 4) is 0 Å². The summed E-state index contributed by atoms with van der Waals surface area (Å²) in [5.41, 5.74) is 3.32. The predicted octanol–water partition coefficient (Wildman–Crippen LogP) is 3.37. The zero-order valence-electron chi connectivity index (χ0n) is 15.3. The largest absolute Gasteiger partial charge is 0.324 e. The van der Waals surface area contributed by atoms with Gasteiger partial charge in [0, 0.05) is 23.9 Å². The van der Waals surface area contributed by atoms with Crippen LogP contribution in [-0.4, -0.2) is 43.9 Å². The number of anilines is 1. The Kier molecular flexibility index (Phi) is 3.76. The summed E-state index contributed by atoms with van der Waals surface area (Å²) in [6.07, 6.45) is 4.57. The molecule has 2 fully saturated rings. The van der Waals surface area contributed by atoms with Crippen LogP contribution in [0.1, 0.15) is 30.4 Å². The molecule has 0 unspecified atom stereocenters. The molecular formula is C21H24N2O3S. The van der Waals surface area contributed by atoms with Crippen LogP contribution in [-0.2, 0) is 22.7 Å². The number of nitrogens with zero attached hydrogens (tertiary/aromatic N) is 1. The molecule has 1 N–H and O–H groups in total. The van der Waals surface area contributed by atoms with Crippen molar-refractivity contribution < 1.29 is 13.2 Å². The van der Waals surface area contributed by atoms with E-state index in [4.69, 9.17) is 0 Å². The Morgan fingerprint density at radius 2 is 1.89 bits per heavy atom. The molecule has 1 spiro atoms. The number of nitrogens with one attached hydrogen (secondary N) is 1. The normalized spacial score (nSPS) is 26.0. The van der Waals surface area contributed by atoms with Crippen molar-refractivity contribution in [1.29, 1.82) is 0 Å². The minimum atomic E-state index is -2.95. The summed E-state index contributed by atoms with van der Waals surface area (Å²) in [5.74, 6) is 0.488. The van der Waals surface area contributed by atoms with E-state index in [0.29, 0.717) is 19.5 Å². The third-order valence-corrected chi connectivity index (χ3v) is 8.41. The van der Waals surface area contributed by atoms with Crippen molar-refractivity contribution in [2.24, 2.45) is 5.41 Å². The molecule has 0 radical (unpaired) electrons. The lowest BCUT2D eigenvalue weighted by molar-refractivity contribution is 0.130. The lowest BCUT2D eigenvalue weighted by Gasteiger charge is -2.39. The fourth-order valence-electron chi connectivity index (χ4n) is 5.24. The number of aryl methyl sites for hydroxylation is 2. The molecule has 2 heterocycles. The van der Waals surface area contributed by atoms with E-state index in [-0.39, 0.29) is 23.0 Å². The second kappa shape index (κ2) is 5.96. The molecule has 3 aliphatic rings. The van der Waals surface area contributed by atoms with Crippen LogP contribution in [0.3, 0.4) is 0 Å². The van der Waals surface area contributed by atoms with Crippen molar-refractivity contribution in [2.75, 3.05) is 29.9 Å². The third-order valence-electron chi connectivity index (χ3n) is 6.54. The van der Waals surface area contributed by atoms with Gasteiger partial charge in [-0.15, -0.1) is 0 Å². The Morgan fingerprint density at radius 1 is 1.07 bits per heavy atom. The van der Waals surface area contributed by atoms with Crippen molar-refractivity contribution >= 4 is 32.3 Å². The minimum absolute atomic E-state index is 0.114. The van der Waals surface area contributed by atoms with Gasteiger partial charge in [0.1, 0.15) is 0 Å². The highest BCUT2D eigenvalue weighted by Gasteiger charge is 2.45. The van der Waals surface area contributed by atoms with Gasteiger partial charge in [-0.05, 0) is 54.7 Å². The van der Waals surface area contributed by atoms with E-state index >= 15 is 0 Å². The molecule has 1 atom stereocenters. The molecule has 1 aliphatic carbocycles. The van der Waals surface area contributed by atoms with Crippen LogP contribution >= 0.6 is 0 Å². The summed E-state index contributed by atoms with van der Waals surface area (Å²) in [6.45, 7) is 1.23. The van der Waals surface area contributed by atoms with E-state index in [1.165, 1.54) is 16.5 Å². The Bertz CT molecular complexity index is 1040. The lowest BCUT2D eigenvalue weighted by Crippen LogP contribution is -2.48. The molecule has 5 rings (SSSR count). The van der Waals surface area contributed by atoms with Gasteiger partial charge in [0.05, 0.1) is 17.2 Å². The molecule has 27 heavy (non-hydrogen) atoms. The molecule has 6 heteroatoms. The predicted molar refractivity (Wildman–Crippen MR) is 107 cm³/mol. The Morgan fingerprint density at radius 3 is 2.67 bits per heavy atom. The molecular weight excluding hydrogens is 360 g/mol. The van der Waals surface area contributed by atoms with Crippen molar-refractivity contribution in [1.82, 2.24) is 4.90 Å². The third kappa shape index (κ3) is 2.90. The zero-order chi connectivity index (χ0) is 18.6. The van der Waals surface area contributed by atoms with Crippen LogP contribution < -0.4 is 5.32 Å². The van der Waals surface area contributed by atoms with Crippen LogP contribution in [0.4, 0.5) is 10.5 Å². The second-order valence-corrected chi connectivity index (χ2v) is 10.6. The zero-order valence-corrected chi connectivity index (χ0v) is 16.1. The maximum absolute atomic E-state index is 13.0. The summed E-state index contributed by atoms with van der Waals surface area (Å²) in [5, 5.41) is 5.49. The smallest absolute Gasteiger partial charge is 0.321 e. The Labute approximate surface area is 159 Å². The van der Waals surface area contributed by atoms with Crippen molar-refractivity contribution in [3.05, 3.63) is 41.5 Å². The topological polar surface area (TPSA) is 66.5 Å². The van der Waals surface area contributed by atoms with E-state index in [1.807, 2.05) is 11.0 Å². The maximum atomic E-state index is 13.0. The number of likely N-dealkylation sites (tertiary alicyclic amines) is 1. The van der Waals surface area contributed by atoms with Gasteiger partial charge >= 0.3 is 6.03 Å². The molecule has 2 saturated heterocycles. The summed E-state index contributed by atoms with van der Waals surface area (Å²) in [7, 11) is -2.95. The first-order valence-electron chi connectivity index (χ1n) is 9.75. The average molecular weight is 385 g/mol. The van der Waals surface area contributed by atoms with Crippen LogP contribution in [0.15, 0.2) is 30.3 Å². The average Bonchev–Trinajstić information content (AvgIpc) is 3.19. The Balaban J connectivity index is 1.39. The van der Waals surface area contributed by atoms with Gasteiger partial charge in [-0.25, -0.2) is 13.2 Å². The first-order chi connectivity index (χ1) is 12.9. The molecule has 142 valence electrons. The van der Waals surface area contributed by atoms with Gasteiger partial charge in [0.25, 0.3) is 0 Å². The number of sulfone groups is 1. The van der Waals surface area contributed by atoms with Gasteiger partial charge < -0.3 is 10.2 Å². The molecule has 2 amide bonds. The number of hydrogen-bond acceptors (Lipinski definition) is 3. The van der Waals surface area contributed by atoms with E-state index < -0.39 is 9.84 Å². The number of amides is 2. The van der Waals surface area contributed by atoms with Gasteiger partial charge in [-0.1, -0.05) is 24.3 Å². The number of piperidine rings is 1. The quantitative estimate of drug-likeness (QED) is 0.820. The first-order valence-corrected chi connectivity index (χ1v) is 11.6. The number of urea groups is 1. The monoisotopic (exact) mass is 384 g/mol. The molecule has 2 aromatic carbocycles. The van der Waals surface area contributed by atoms with Crippen molar-refractivity contribution in [3.63, 3.8) is 0 Å². The number of carbonyl (C=O) groups is 1. The summed E-state index contributed by atoms with van der Waals surface area (Å²) in [6, 6.07) is 10.3. The van der Waals surface area contributed by atoms with Crippen LogP contribution in [0.2, 0.25) is 0 Å². The van der Waals surface area contributed by atoms with E-state index in [1.54, 1.807) is 0 Å². The number of carbonyl (C=O) groups excluding carboxylic acids is 1. The van der Waals surface area contributed by atoms with E-state index in [9.17, 15) is 13.2 Å². The molecule has 0 bridgehead atoms. The van der Waals surface area contributed by atoms with Crippen molar-refractivity contribution in [2.45, 2.75) is 32.1 Å². The first kappa shape index (κ1) is 17.0. The second-order valence-electron chi connectivity index (χ2n) is 8.41. The number of benzene rings is 2. The molecule has 2 aromatic rings.